The summed E-state index contributed by atoms with van der Waals surface area (Å²) in [5.41, 5.74) is 5.97. The van der Waals surface area contributed by atoms with Gasteiger partial charge in [-0.2, -0.15) is 0 Å². The second-order valence-electron chi connectivity index (χ2n) is 2.55. The average Bonchev–Trinajstić information content (AvgIpc) is 2.48. The van der Waals surface area contributed by atoms with Crippen LogP contribution >= 0.6 is 0 Å². The molecule has 66 valence electrons. The summed E-state index contributed by atoms with van der Waals surface area (Å²) in [6.45, 7) is 0. The largest absolute Gasteiger partial charge is 0.507 e. The molecule has 5 heteroatoms. The number of primary amides is 1. The minimum Gasteiger partial charge on any atom is -0.507 e. The van der Waals surface area contributed by atoms with Gasteiger partial charge in [0.2, 0.25) is 0 Å². The lowest BCUT2D eigenvalue weighted by molar-refractivity contribution is 0.0998. The van der Waals surface area contributed by atoms with Crippen molar-refractivity contribution in [3.63, 3.8) is 0 Å². The number of amides is 1. The minimum atomic E-state index is -0.692. The van der Waals surface area contributed by atoms with Gasteiger partial charge in [-0.3, -0.25) is 4.79 Å². The first-order valence-corrected chi connectivity index (χ1v) is 3.54. The van der Waals surface area contributed by atoms with Crippen LogP contribution in [-0.2, 0) is 0 Å². The summed E-state index contributed by atoms with van der Waals surface area (Å²) >= 11 is 0. The van der Waals surface area contributed by atoms with Gasteiger partial charge < -0.3 is 15.3 Å². The molecule has 2 rings (SSSR count). The zero-order valence-electron chi connectivity index (χ0n) is 6.52. The van der Waals surface area contributed by atoms with Crippen LogP contribution in [0.1, 0.15) is 10.4 Å². The lowest BCUT2D eigenvalue weighted by Gasteiger charge is -1.97. The molecular weight excluding hydrogens is 172 g/mol. The predicted octanol–water partition coefficient (Wildman–Crippen LogP) is 0.632. The maximum Gasteiger partial charge on any atom is 0.252 e. The van der Waals surface area contributed by atoms with E-state index >= 15 is 0 Å². The van der Waals surface area contributed by atoms with E-state index in [1.807, 2.05) is 0 Å². The summed E-state index contributed by atoms with van der Waals surface area (Å²) in [5.74, 6) is -0.890. The van der Waals surface area contributed by atoms with Crippen molar-refractivity contribution in [2.45, 2.75) is 0 Å². The second kappa shape index (κ2) is 2.48. The van der Waals surface area contributed by atoms with E-state index in [1.54, 1.807) is 0 Å². The summed E-state index contributed by atoms with van der Waals surface area (Å²) in [5, 5.41) is 9.31. The third kappa shape index (κ3) is 1.10. The summed E-state index contributed by atoms with van der Waals surface area (Å²) < 4.78 is 4.91. The SMILES string of the molecule is NC(=O)c1cc2ncoc2cc1O. The first kappa shape index (κ1) is 7.60. The number of rotatable bonds is 1. The van der Waals surface area contributed by atoms with Gasteiger partial charge in [-0.25, -0.2) is 4.98 Å². The Morgan fingerprint density at radius 2 is 2.31 bits per heavy atom. The number of phenols is 1. The van der Waals surface area contributed by atoms with Gasteiger partial charge >= 0.3 is 0 Å². The fourth-order valence-corrected chi connectivity index (χ4v) is 1.09. The van der Waals surface area contributed by atoms with Crippen LogP contribution < -0.4 is 5.73 Å². The molecule has 13 heavy (non-hydrogen) atoms. The molecule has 1 heterocycles. The molecule has 0 bridgehead atoms. The van der Waals surface area contributed by atoms with Gasteiger partial charge in [0.15, 0.2) is 12.0 Å². The molecule has 2 aromatic rings. The number of hydrogen-bond acceptors (Lipinski definition) is 4. The Balaban J connectivity index is 2.76. The Kier molecular flexibility index (Phi) is 1.45. The van der Waals surface area contributed by atoms with E-state index in [9.17, 15) is 9.90 Å². The first-order valence-electron chi connectivity index (χ1n) is 3.54. The molecule has 1 aromatic heterocycles. The van der Waals surface area contributed by atoms with Gasteiger partial charge in [0.25, 0.3) is 5.91 Å². The van der Waals surface area contributed by atoms with Gasteiger partial charge in [-0.1, -0.05) is 0 Å². The topological polar surface area (TPSA) is 89.4 Å². The number of fused-ring (bicyclic) bond motifs is 1. The molecule has 0 spiro atoms. The zero-order valence-corrected chi connectivity index (χ0v) is 6.52. The highest BCUT2D eigenvalue weighted by atomic mass is 16.3. The number of carbonyl (C=O) groups is 1. The van der Waals surface area contributed by atoms with Crippen LogP contribution in [0.25, 0.3) is 11.1 Å². The number of aromatic hydroxyl groups is 1. The van der Waals surface area contributed by atoms with Crippen LogP contribution in [0.5, 0.6) is 5.75 Å². The quantitative estimate of drug-likeness (QED) is 0.670. The molecule has 0 unspecified atom stereocenters. The van der Waals surface area contributed by atoms with Gasteiger partial charge in [0.05, 0.1) is 5.56 Å². The summed E-state index contributed by atoms with van der Waals surface area (Å²) in [4.78, 5) is 14.6. The molecule has 1 amide bonds. The van der Waals surface area contributed by atoms with Crippen LogP contribution in [0.4, 0.5) is 0 Å². The van der Waals surface area contributed by atoms with Crippen LogP contribution in [-0.4, -0.2) is 16.0 Å². The molecule has 1 aromatic carbocycles. The number of nitrogens with two attached hydrogens (primary N) is 1. The van der Waals surface area contributed by atoms with Crippen molar-refractivity contribution >= 4 is 17.0 Å². The van der Waals surface area contributed by atoms with Crippen LogP contribution in [0.3, 0.4) is 0 Å². The normalized spacial score (nSPS) is 10.5. The Bertz CT molecular complexity index is 475. The van der Waals surface area contributed by atoms with Crippen molar-refractivity contribution < 1.29 is 14.3 Å². The Hall–Kier alpha value is -2.04. The number of hydrogen-bond donors (Lipinski definition) is 2. The number of benzene rings is 1. The maximum atomic E-state index is 10.8. The average molecular weight is 178 g/mol. The molecule has 0 fully saturated rings. The molecule has 5 nitrogen and oxygen atoms in total. The number of oxazole rings is 1. The molecule has 0 radical (unpaired) electrons. The van der Waals surface area contributed by atoms with Gasteiger partial charge in [-0.15, -0.1) is 0 Å². The van der Waals surface area contributed by atoms with E-state index in [2.05, 4.69) is 4.98 Å². The van der Waals surface area contributed by atoms with E-state index in [4.69, 9.17) is 10.2 Å². The highest BCUT2D eigenvalue weighted by molar-refractivity contribution is 5.98. The van der Waals surface area contributed by atoms with Crippen molar-refractivity contribution in [1.29, 1.82) is 0 Å². The predicted molar refractivity (Wildman–Crippen MR) is 44.2 cm³/mol. The van der Waals surface area contributed by atoms with Gasteiger partial charge in [-0.05, 0) is 6.07 Å². The molecule has 0 aliphatic carbocycles. The lowest BCUT2D eigenvalue weighted by atomic mass is 10.2. The monoisotopic (exact) mass is 178 g/mol. The third-order valence-electron chi connectivity index (χ3n) is 1.71. The van der Waals surface area contributed by atoms with E-state index < -0.39 is 5.91 Å². The molecule has 0 aliphatic rings. The molecule has 3 N–H and O–H groups in total. The molecule has 0 saturated heterocycles. The standard InChI is InChI=1S/C8H6N2O3/c9-8(12)4-1-5-7(2-6(4)11)13-3-10-5/h1-3,11H,(H2,9,12). The first-order chi connectivity index (χ1) is 6.18. The fourth-order valence-electron chi connectivity index (χ4n) is 1.09. The van der Waals surface area contributed by atoms with Crippen molar-refractivity contribution in [3.05, 3.63) is 24.1 Å². The van der Waals surface area contributed by atoms with Gasteiger partial charge in [0, 0.05) is 6.07 Å². The Morgan fingerprint density at radius 1 is 1.54 bits per heavy atom. The Labute approximate surface area is 72.8 Å². The molecular formula is C8H6N2O3. The van der Waals surface area contributed by atoms with E-state index in [1.165, 1.54) is 18.5 Å². The summed E-state index contributed by atoms with van der Waals surface area (Å²) in [6.07, 6.45) is 1.23. The highest BCUT2D eigenvalue weighted by Crippen LogP contribution is 2.23. The van der Waals surface area contributed by atoms with E-state index in [0.717, 1.165) is 0 Å². The fraction of sp³-hybridized carbons (Fsp3) is 0. The van der Waals surface area contributed by atoms with E-state index in [-0.39, 0.29) is 11.3 Å². The maximum absolute atomic E-state index is 10.8. The second-order valence-corrected chi connectivity index (χ2v) is 2.55. The van der Waals surface area contributed by atoms with Crippen molar-refractivity contribution in [2.75, 3.05) is 0 Å². The van der Waals surface area contributed by atoms with E-state index in [0.29, 0.717) is 11.1 Å². The van der Waals surface area contributed by atoms with Gasteiger partial charge in [0.1, 0.15) is 11.3 Å². The van der Waals surface area contributed by atoms with Crippen molar-refractivity contribution in [2.24, 2.45) is 5.73 Å². The highest BCUT2D eigenvalue weighted by Gasteiger charge is 2.10. The number of carbonyl (C=O) groups excluding carboxylic acids is 1. The minimum absolute atomic E-state index is 0.0430. The van der Waals surface area contributed by atoms with Crippen LogP contribution in [0, 0.1) is 0 Å². The summed E-state index contributed by atoms with van der Waals surface area (Å²) in [7, 11) is 0. The smallest absolute Gasteiger partial charge is 0.252 e. The molecule has 0 saturated carbocycles. The lowest BCUT2D eigenvalue weighted by Crippen LogP contribution is -2.10. The van der Waals surface area contributed by atoms with Crippen molar-refractivity contribution in [3.8, 4) is 5.75 Å². The number of nitrogens with zero attached hydrogens (tertiary/aromatic N) is 1. The molecule has 0 atom stereocenters. The van der Waals surface area contributed by atoms with Crippen LogP contribution in [0.2, 0.25) is 0 Å². The number of aromatic nitrogens is 1. The van der Waals surface area contributed by atoms with Crippen molar-refractivity contribution in [1.82, 2.24) is 4.98 Å². The van der Waals surface area contributed by atoms with Crippen LogP contribution in [0.15, 0.2) is 22.9 Å². The Morgan fingerprint density at radius 3 is 3.00 bits per heavy atom. The summed E-state index contributed by atoms with van der Waals surface area (Å²) in [6, 6.07) is 2.69. The third-order valence-corrected chi connectivity index (χ3v) is 1.71. The zero-order chi connectivity index (χ0) is 9.42. The molecule has 0 aliphatic heterocycles.